The monoisotopic (exact) mass is 221 g/mol. The van der Waals surface area contributed by atoms with Gasteiger partial charge in [0.1, 0.15) is 11.1 Å². The molecule has 2 aromatic rings. The maximum atomic E-state index is 10.7. The SMILES string of the molecule is CC(C)(O)c1nc2ccc(C(=O)O)cc2o1. The molecule has 1 aromatic heterocycles. The molecule has 0 fully saturated rings. The van der Waals surface area contributed by atoms with Gasteiger partial charge in [0.05, 0.1) is 5.56 Å². The zero-order chi connectivity index (χ0) is 11.9. The van der Waals surface area contributed by atoms with Crippen LogP contribution >= 0.6 is 0 Å². The molecule has 0 aliphatic heterocycles. The molecule has 16 heavy (non-hydrogen) atoms. The Kier molecular flexibility index (Phi) is 2.20. The van der Waals surface area contributed by atoms with Crippen LogP contribution in [-0.2, 0) is 5.60 Å². The van der Waals surface area contributed by atoms with Gasteiger partial charge in [0, 0.05) is 0 Å². The van der Waals surface area contributed by atoms with Crippen molar-refractivity contribution in [1.29, 1.82) is 0 Å². The summed E-state index contributed by atoms with van der Waals surface area (Å²) in [4.78, 5) is 14.8. The molecule has 1 heterocycles. The summed E-state index contributed by atoms with van der Waals surface area (Å²) in [6.45, 7) is 3.10. The molecule has 0 bridgehead atoms. The highest BCUT2D eigenvalue weighted by molar-refractivity contribution is 5.91. The number of carboxylic acids is 1. The molecule has 0 aliphatic carbocycles. The highest BCUT2D eigenvalue weighted by Gasteiger charge is 2.23. The second-order valence-corrected chi connectivity index (χ2v) is 4.07. The van der Waals surface area contributed by atoms with Gasteiger partial charge in [0.2, 0.25) is 5.89 Å². The van der Waals surface area contributed by atoms with Crippen molar-refractivity contribution in [1.82, 2.24) is 4.98 Å². The van der Waals surface area contributed by atoms with E-state index in [9.17, 15) is 9.90 Å². The molecule has 0 saturated heterocycles. The molecule has 0 unspecified atom stereocenters. The summed E-state index contributed by atoms with van der Waals surface area (Å²) in [7, 11) is 0. The normalized spacial score (nSPS) is 11.9. The lowest BCUT2D eigenvalue weighted by Gasteiger charge is -2.10. The number of hydrogen-bond acceptors (Lipinski definition) is 4. The Bertz CT molecular complexity index is 551. The van der Waals surface area contributed by atoms with Crippen LogP contribution in [0.25, 0.3) is 11.1 Å². The van der Waals surface area contributed by atoms with E-state index in [0.717, 1.165) is 0 Å². The molecular formula is C11H11NO4. The van der Waals surface area contributed by atoms with Crippen LogP contribution in [-0.4, -0.2) is 21.2 Å². The van der Waals surface area contributed by atoms with Crippen LogP contribution in [0.1, 0.15) is 30.1 Å². The van der Waals surface area contributed by atoms with Gasteiger partial charge in [0.25, 0.3) is 0 Å². The number of carboxylic acid groups (broad SMARTS) is 1. The van der Waals surface area contributed by atoms with Crippen molar-refractivity contribution in [3.8, 4) is 0 Å². The summed E-state index contributed by atoms with van der Waals surface area (Å²) in [5.74, 6) is -0.854. The van der Waals surface area contributed by atoms with E-state index >= 15 is 0 Å². The largest absolute Gasteiger partial charge is 0.478 e. The minimum atomic E-state index is -1.18. The highest BCUT2D eigenvalue weighted by Crippen LogP contribution is 2.24. The molecule has 5 nitrogen and oxygen atoms in total. The minimum absolute atomic E-state index is 0.131. The molecule has 84 valence electrons. The number of benzene rings is 1. The molecule has 0 saturated carbocycles. The first-order valence-electron chi connectivity index (χ1n) is 4.74. The van der Waals surface area contributed by atoms with E-state index in [1.54, 1.807) is 19.9 Å². The van der Waals surface area contributed by atoms with Gasteiger partial charge in [-0.25, -0.2) is 9.78 Å². The first kappa shape index (κ1) is 10.6. The maximum absolute atomic E-state index is 10.7. The molecule has 0 atom stereocenters. The molecule has 0 amide bonds. The van der Waals surface area contributed by atoms with Gasteiger partial charge >= 0.3 is 5.97 Å². The van der Waals surface area contributed by atoms with Crippen molar-refractivity contribution < 1.29 is 19.4 Å². The van der Waals surface area contributed by atoms with Gasteiger partial charge in [-0.1, -0.05) is 0 Å². The number of hydrogen-bond donors (Lipinski definition) is 2. The fraction of sp³-hybridized carbons (Fsp3) is 0.273. The second-order valence-electron chi connectivity index (χ2n) is 4.07. The summed E-state index contributed by atoms with van der Waals surface area (Å²) in [6.07, 6.45) is 0. The van der Waals surface area contributed by atoms with E-state index in [-0.39, 0.29) is 11.5 Å². The number of rotatable bonds is 2. The fourth-order valence-corrected chi connectivity index (χ4v) is 1.32. The number of nitrogens with zero attached hydrogens (tertiary/aromatic N) is 1. The van der Waals surface area contributed by atoms with Crippen molar-refractivity contribution in [3.63, 3.8) is 0 Å². The second kappa shape index (κ2) is 3.31. The first-order chi connectivity index (χ1) is 7.38. The third kappa shape index (κ3) is 1.77. The number of oxazole rings is 1. The van der Waals surface area contributed by atoms with E-state index in [1.165, 1.54) is 12.1 Å². The van der Waals surface area contributed by atoms with E-state index < -0.39 is 11.6 Å². The zero-order valence-electron chi connectivity index (χ0n) is 8.89. The minimum Gasteiger partial charge on any atom is -0.478 e. The summed E-state index contributed by atoms with van der Waals surface area (Å²) in [5, 5.41) is 18.5. The van der Waals surface area contributed by atoms with Gasteiger partial charge in [-0.15, -0.1) is 0 Å². The van der Waals surface area contributed by atoms with Crippen LogP contribution in [0.5, 0.6) is 0 Å². The van der Waals surface area contributed by atoms with E-state index in [2.05, 4.69) is 4.98 Å². The maximum Gasteiger partial charge on any atom is 0.335 e. The van der Waals surface area contributed by atoms with Crippen molar-refractivity contribution in [2.24, 2.45) is 0 Å². The first-order valence-corrected chi connectivity index (χ1v) is 4.74. The molecular weight excluding hydrogens is 210 g/mol. The van der Waals surface area contributed by atoms with Gasteiger partial charge in [-0.3, -0.25) is 0 Å². The summed E-state index contributed by atoms with van der Waals surface area (Å²) in [6, 6.07) is 4.39. The molecule has 0 spiro atoms. The van der Waals surface area contributed by atoms with Crippen LogP contribution in [0, 0.1) is 0 Å². The molecule has 5 heteroatoms. The van der Waals surface area contributed by atoms with Gasteiger partial charge in [-0.05, 0) is 32.0 Å². The Labute approximate surface area is 91.3 Å². The van der Waals surface area contributed by atoms with E-state index in [0.29, 0.717) is 11.1 Å². The lowest BCUT2D eigenvalue weighted by molar-refractivity contribution is 0.0501. The van der Waals surface area contributed by atoms with Crippen LogP contribution in [0.3, 0.4) is 0 Å². The molecule has 0 radical (unpaired) electrons. The number of fused-ring (bicyclic) bond motifs is 1. The predicted molar refractivity (Wildman–Crippen MR) is 56.2 cm³/mol. The number of aromatic carboxylic acids is 1. The zero-order valence-corrected chi connectivity index (χ0v) is 8.89. The van der Waals surface area contributed by atoms with Crippen molar-refractivity contribution in [2.45, 2.75) is 19.4 Å². The lowest BCUT2D eigenvalue weighted by atomic mass is 10.1. The average molecular weight is 221 g/mol. The van der Waals surface area contributed by atoms with Gasteiger partial charge < -0.3 is 14.6 Å². The third-order valence-electron chi connectivity index (χ3n) is 2.16. The molecule has 0 aliphatic rings. The molecule has 1 aromatic carbocycles. The molecule has 2 N–H and O–H groups in total. The van der Waals surface area contributed by atoms with E-state index in [4.69, 9.17) is 9.52 Å². The Morgan fingerprint density at radius 2 is 2.12 bits per heavy atom. The van der Waals surface area contributed by atoms with Crippen LogP contribution in [0.2, 0.25) is 0 Å². The van der Waals surface area contributed by atoms with Crippen molar-refractivity contribution >= 4 is 17.1 Å². The summed E-state index contributed by atoms with van der Waals surface area (Å²) >= 11 is 0. The van der Waals surface area contributed by atoms with Crippen molar-refractivity contribution in [3.05, 3.63) is 29.7 Å². The Morgan fingerprint density at radius 3 is 2.69 bits per heavy atom. The topological polar surface area (TPSA) is 83.6 Å². The van der Waals surface area contributed by atoms with Gasteiger partial charge in [-0.2, -0.15) is 0 Å². The smallest absolute Gasteiger partial charge is 0.335 e. The Morgan fingerprint density at radius 1 is 1.44 bits per heavy atom. The van der Waals surface area contributed by atoms with Crippen molar-refractivity contribution in [2.75, 3.05) is 0 Å². The Hall–Kier alpha value is -1.88. The number of carbonyl (C=O) groups is 1. The Balaban J connectivity index is 2.59. The summed E-state index contributed by atoms with van der Waals surface area (Å²) in [5.41, 5.74) is -0.160. The standard InChI is InChI=1S/C11H11NO4/c1-11(2,15)10-12-7-4-3-6(9(13)14)5-8(7)16-10/h3-5,15H,1-2H3,(H,13,14). The average Bonchev–Trinajstić information content (AvgIpc) is 2.58. The lowest BCUT2D eigenvalue weighted by Crippen LogP contribution is -2.15. The summed E-state index contributed by atoms with van der Waals surface area (Å²) < 4.78 is 5.30. The van der Waals surface area contributed by atoms with Crippen LogP contribution in [0.15, 0.2) is 22.6 Å². The third-order valence-corrected chi connectivity index (χ3v) is 2.16. The van der Waals surface area contributed by atoms with Crippen LogP contribution < -0.4 is 0 Å². The molecule has 2 rings (SSSR count). The predicted octanol–water partition coefficient (Wildman–Crippen LogP) is 1.75. The van der Waals surface area contributed by atoms with Crippen LogP contribution in [0.4, 0.5) is 0 Å². The fourth-order valence-electron chi connectivity index (χ4n) is 1.32. The van der Waals surface area contributed by atoms with E-state index in [1.807, 2.05) is 0 Å². The van der Waals surface area contributed by atoms with Gasteiger partial charge in [0.15, 0.2) is 5.58 Å². The highest BCUT2D eigenvalue weighted by atomic mass is 16.4. The quantitative estimate of drug-likeness (QED) is 0.807. The number of aromatic nitrogens is 1. The number of aliphatic hydroxyl groups is 1.